The molecule has 3 rings (SSSR count). The number of nitrogens with one attached hydrogen (secondary N) is 1. The number of amides is 1. The molecule has 2 aliphatic rings. The highest BCUT2D eigenvalue weighted by molar-refractivity contribution is 5.85. The summed E-state index contributed by atoms with van der Waals surface area (Å²) in [5.74, 6) is 0. The van der Waals surface area contributed by atoms with Crippen LogP contribution in [0, 0.1) is 13.8 Å². The Labute approximate surface area is 127 Å². The molecule has 22 heavy (non-hydrogen) atoms. The van der Waals surface area contributed by atoms with E-state index >= 15 is 0 Å². The van der Waals surface area contributed by atoms with Gasteiger partial charge in [0.05, 0.1) is 6.61 Å². The number of rotatable bonds is 2. The number of hydrogen-bond acceptors (Lipinski definition) is 6. The van der Waals surface area contributed by atoms with Gasteiger partial charge in [0.25, 0.3) is 0 Å². The SMILES string of the molecule is Cc1cc(C)cc(NC(=O)O[C@H]2[C@H](O)[C@@H](O)[C@@H]3OC[C@H]2O3)c1. The number of carbonyl (C=O) groups is 1. The molecule has 0 aliphatic carbocycles. The summed E-state index contributed by atoms with van der Waals surface area (Å²) in [6.45, 7) is 4.02. The van der Waals surface area contributed by atoms with E-state index < -0.39 is 36.8 Å². The lowest BCUT2D eigenvalue weighted by Gasteiger charge is -2.34. The second-order valence-corrected chi connectivity index (χ2v) is 5.73. The van der Waals surface area contributed by atoms with Crippen LogP contribution in [0.2, 0.25) is 0 Å². The maximum Gasteiger partial charge on any atom is 0.412 e. The zero-order chi connectivity index (χ0) is 15.9. The van der Waals surface area contributed by atoms with Gasteiger partial charge in [-0.3, -0.25) is 5.32 Å². The maximum atomic E-state index is 12.0. The van der Waals surface area contributed by atoms with Gasteiger partial charge in [-0.2, -0.15) is 0 Å². The van der Waals surface area contributed by atoms with Crippen LogP contribution < -0.4 is 5.32 Å². The van der Waals surface area contributed by atoms with Crippen LogP contribution >= 0.6 is 0 Å². The summed E-state index contributed by atoms with van der Waals surface area (Å²) in [5, 5.41) is 22.4. The second kappa shape index (κ2) is 5.85. The molecule has 1 aromatic rings. The molecule has 0 spiro atoms. The van der Waals surface area contributed by atoms with Crippen LogP contribution in [0.15, 0.2) is 18.2 Å². The average molecular weight is 309 g/mol. The minimum Gasteiger partial charge on any atom is -0.440 e. The fourth-order valence-electron chi connectivity index (χ4n) is 2.83. The summed E-state index contributed by atoms with van der Waals surface area (Å²) in [7, 11) is 0. The summed E-state index contributed by atoms with van der Waals surface area (Å²) in [4.78, 5) is 12.0. The largest absolute Gasteiger partial charge is 0.440 e. The Morgan fingerprint density at radius 2 is 1.91 bits per heavy atom. The summed E-state index contributed by atoms with van der Waals surface area (Å²) >= 11 is 0. The Morgan fingerprint density at radius 1 is 1.23 bits per heavy atom. The van der Waals surface area contributed by atoms with Crippen molar-refractivity contribution in [3.05, 3.63) is 29.3 Å². The lowest BCUT2D eigenvalue weighted by molar-refractivity contribution is -0.227. The van der Waals surface area contributed by atoms with Gasteiger partial charge in [-0.15, -0.1) is 0 Å². The van der Waals surface area contributed by atoms with Crippen LogP contribution in [0.1, 0.15) is 11.1 Å². The Balaban J connectivity index is 1.66. The minimum absolute atomic E-state index is 0.167. The predicted octanol–water partition coefficient (Wildman–Crippen LogP) is 0.697. The molecule has 120 valence electrons. The van der Waals surface area contributed by atoms with E-state index in [1.54, 1.807) is 0 Å². The van der Waals surface area contributed by atoms with E-state index in [0.29, 0.717) is 5.69 Å². The summed E-state index contributed by atoms with van der Waals surface area (Å²) in [6.07, 6.45) is -5.60. The molecule has 2 fully saturated rings. The fraction of sp³-hybridized carbons (Fsp3) is 0.533. The number of hydrogen-bond donors (Lipinski definition) is 3. The topological polar surface area (TPSA) is 97.3 Å². The Hall–Kier alpha value is -1.67. The number of anilines is 1. The first-order valence-corrected chi connectivity index (χ1v) is 7.13. The number of aliphatic hydroxyl groups is 2. The maximum absolute atomic E-state index is 12.0. The molecule has 0 unspecified atom stereocenters. The normalized spacial score (nSPS) is 33.5. The van der Waals surface area contributed by atoms with Gasteiger partial charge in [-0.05, 0) is 37.1 Å². The Kier molecular flexibility index (Phi) is 4.05. The lowest BCUT2D eigenvalue weighted by atomic mass is 10.0. The molecule has 7 heteroatoms. The highest BCUT2D eigenvalue weighted by atomic mass is 16.7. The predicted molar refractivity (Wildman–Crippen MR) is 76.4 cm³/mol. The molecule has 2 heterocycles. The first-order valence-electron chi connectivity index (χ1n) is 7.13. The highest BCUT2D eigenvalue weighted by Crippen LogP contribution is 2.30. The molecule has 2 saturated heterocycles. The molecule has 3 N–H and O–H groups in total. The van der Waals surface area contributed by atoms with Crippen LogP contribution in [0.25, 0.3) is 0 Å². The van der Waals surface area contributed by atoms with Gasteiger partial charge in [-0.25, -0.2) is 4.79 Å². The van der Waals surface area contributed by atoms with Gasteiger partial charge in [0.15, 0.2) is 12.4 Å². The van der Waals surface area contributed by atoms with Crippen molar-refractivity contribution in [1.29, 1.82) is 0 Å². The van der Waals surface area contributed by atoms with Crippen LogP contribution in [0.3, 0.4) is 0 Å². The van der Waals surface area contributed by atoms with Crippen LogP contribution in [0.5, 0.6) is 0 Å². The van der Waals surface area contributed by atoms with Crippen molar-refractivity contribution >= 4 is 11.8 Å². The zero-order valence-electron chi connectivity index (χ0n) is 12.4. The molecule has 2 bridgehead atoms. The van der Waals surface area contributed by atoms with Gasteiger partial charge in [0.1, 0.15) is 18.3 Å². The van der Waals surface area contributed by atoms with Gasteiger partial charge in [-0.1, -0.05) is 6.07 Å². The molecule has 2 aliphatic heterocycles. The fourth-order valence-corrected chi connectivity index (χ4v) is 2.83. The molecule has 1 amide bonds. The number of ether oxygens (including phenoxy) is 3. The average Bonchev–Trinajstić information content (AvgIpc) is 2.87. The quantitative estimate of drug-likeness (QED) is 0.744. The van der Waals surface area contributed by atoms with Gasteiger partial charge < -0.3 is 24.4 Å². The Bertz CT molecular complexity index is 557. The zero-order valence-corrected chi connectivity index (χ0v) is 12.4. The first-order chi connectivity index (χ1) is 10.4. The van der Waals surface area contributed by atoms with Crippen molar-refractivity contribution in [2.75, 3.05) is 11.9 Å². The van der Waals surface area contributed by atoms with Crippen molar-refractivity contribution < 1.29 is 29.2 Å². The molecular weight excluding hydrogens is 290 g/mol. The van der Waals surface area contributed by atoms with Crippen LogP contribution in [0.4, 0.5) is 10.5 Å². The minimum atomic E-state index is -1.24. The van der Waals surface area contributed by atoms with E-state index in [0.717, 1.165) is 11.1 Å². The van der Waals surface area contributed by atoms with E-state index in [2.05, 4.69) is 5.32 Å². The van der Waals surface area contributed by atoms with Crippen molar-refractivity contribution in [2.45, 2.75) is 44.6 Å². The van der Waals surface area contributed by atoms with Crippen LogP contribution in [-0.4, -0.2) is 53.6 Å². The molecular formula is C15H19NO6. The van der Waals surface area contributed by atoms with E-state index in [4.69, 9.17) is 14.2 Å². The van der Waals surface area contributed by atoms with Crippen molar-refractivity contribution in [3.63, 3.8) is 0 Å². The highest BCUT2D eigenvalue weighted by Gasteiger charge is 2.51. The number of carbonyl (C=O) groups excluding carboxylic acids is 1. The molecule has 0 saturated carbocycles. The Morgan fingerprint density at radius 3 is 2.59 bits per heavy atom. The third-order valence-corrected chi connectivity index (χ3v) is 3.78. The molecule has 5 atom stereocenters. The van der Waals surface area contributed by atoms with E-state index in [1.165, 1.54) is 0 Å². The van der Waals surface area contributed by atoms with Crippen molar-refractivity contribution in [1.82, 2.24) is 0 Å². The second-order valence-electron chi connectivity index (χ2n) is 5.73. The smallest absolute Gasteiger partial charge is 0.412 e. The lowest BCUT2D eigenvalue weighted by Crippen LogP contribution is -2.55. The molecule has 1 aromatic carbocycles. The third kappa shape index (κ3) is 2.93. The van der Waals surface area contributed by atoms with Crippen molar-refractivity contribution in [3.8, 4) is 0 Å². The van der Waals surface area contributed by atoms with E-state index in [1.807, 2.05) is 32.0 Å². The molecule has 0 radical (unpaired) electrons. The van der Waals surface area contributed by atoms with Gasteiger partial charge in [0.2, 0.25) is 0 Å². The summed E-state index contributed by atoms with van der Waals surface area (Å²) in [5.41, 5.74) is 2.63. The number of benzene rings is 1. The number of aliphatic hydroxyl groups excluding tert-OH is 2. The van der Waals surface area contributed by atoms with E-state index in [9.17, 15) is 15.0 Å². The monoisotopic (exact) mass is 309 g/mol. The van der Waals surface area contributed by atoms with Gasteiger partial charge in [0, 0.05) is 5.69 Å². The molecule has 0 aromatic heterocycles. The molecule has 7 nitrogen and oxygen atoms in total. The number of fused-ring (bicyclic) bond motifs is 2. The van der Waals surface area contributed by atoms with Crippen LogP contribution in [-0.2, 0) is 14.2 Å². The summed E-state index contributed by atoms with van der Waals surface area (Å²) in [6, 6.07) is 5.61. The summed E-state index contributed by atoms with van der Waals surface area (Å²) < 4.78 is 15.7. The van der Waals surface area contributed by atoms with E-state index in [-0.39, 0.29) is 6.61 Å². The number of aryl methyl sites for hydroxylation is 2. The van der Waals surface area contributed by atoms with Crippen molar-refractivity contribution in [2.24, 2.45) is 0 Å². The van der Waals surface area contributed by atoms with Gasteiger partial charge >= 0.3 is 6.09 Å². The standard InChI is InChI=1S/C15H19NO6/c1-7-3-8(2)5-9(4-7)16-15(19)22-13-10-6-20-14(21-10)12(18)11(13)17/h3-5,10-14,17-18H,6H2,1-2H3,(H,16,19)/t10-,11-,12-,13-,14-/m1/s1. The third-order valence-electron chi connectivity index (χ3n) is 3.78. The first kappa shape index (κ1) is 15.2.